The summed E-state index contributed by atoms with van der Waals surface area (Å²) in [6, 6.07) is 2.81. The topological polar surface area (TPSA) is 89.3 Å². The smallest absolute Gasteiger partial charge is 0.237 e. The normalized spacial score (nSPS) is 13.9. The molecule has 0 radical (unpaired) electrons. The van der Waals surface area contributed by atoms with Crippen molar-refractivity contribution in [2.75, 3.05) is 12.0 Å². The van der Waals surface area contributed by atoms with E-state index in [0.717, 1.165) is 6.26 Å². The van der Waals surface area contributed by atoms with Crippen molar-refractivity contribution < 1.29 is 17.6 Å². The fraction of sp³-hybridized carbons (Fsp3) is 0.462. The van der Waals surface area contributed by atoms with Gasteiger partial charge in [-0.05, 0) is 31.0 Å². The summed E-state index contributed by atoms with van der Waals surface area (Å²) in [5, 5.41) is 2.61. The van der Waals surface area contributed by atoms with Gasteiger partial charge in [-0.25, -0.2) is 12.8 Å². The Bertz CT molecular complexity index is 626. The van der Waals surface area contributed by atoms with Crippen LogP contribution in [0.2, 0.25) is 5.02 Å². The molecular formula is C13H19Cl2FN2O3S. The molecule has 2 unspecified atom stereocenters. The minimum absolute atomic E-state index is 0. The highest BCUT2D eigenvalue weighted by molar-refractivity contribution is 7.90. The van der Waals surface area contributed by atoms with Gasteiger partial charge < -0.3 is 11.1 Å². The first kappa shape index (κ1) is 21.1. The second-order valence-electron chi connectivity index (χ2n) is 4.93. The van der Waals surface area contributed by atoms with E-state index in [4.69, 9.17) is 17.3 Å². The van der Waals surface area contributed by atoms with Crippen LogP contribution in [0.25, 0.3) is 0 Å². The first-order valence-electron chi connectivity index (χ1n) is 6.29. The Hall–Kier alpha value is -0.890. The third-order valence-electron chi connectivity index (χ3n) is 2.94. The molecule has 0 spiro atoms. The van der Waals surface area contributed by atoms with Gasteiger partial charge in [-0.2, -0.15) is 0 Å². The van der Waals surface area contributed by atoms with E-state index in [1.54, 1.807) is 6.92 Å². The van der Waals surface area contributed by atoms with E-state index in [9.17, 15) is 17.6 Å². The largest absolute Gasteiger partial charge is 0.348 e. The van der Waals surface area contributed by atoms with Gasteiger partial charge in [0.15, 0.2) is 0 Å². The molecule has 0 saturated carbocycles. The SMILES string of the molecule is CC(NC(=O)C(N)CCS(C)(=O)=O)c1ccc(F)c(Cl)c1.Cl. The Labute approximate surface area is 140 Å². The minimum atomic E-state index is -3.16. The molecule has 126 valence electrons. The summed E-state index contributed by atoms with van der Waals surface area (Å²) >= 11 is 5.68. The van der Waals surface area contributed by atoms with Crippen LogP contribution in [0, 0.1) is 5.82 Å². The van der Waals surface area contributed by atoms with E-state index in [0.29, 0.717) is 5.56 Å². The average Bonchev–Trinajstić information content (AvgIpc) is 2.38. The molecule has 1 rings (SSSR count). The summed E-state index contributed by atoms with van der Waals surface area (Å²) < 4.78 is 35.1. The summed E-state index contributed by atoms with van der Waals surface area (Å²) in [5.41, 5.74) is 6.27. The highest BCUT2D eigenvalue weighted by Crippen LogP contribution is 2.20. The van der Waals surface area contributed by atoms with Gasteiger partial charge in [-0.15, -0.1) is 12.4 Å². The third-order valence-corrected chi connectivity index (χ3v) is 4.21. The lowest BCUT2D eigenvalue weighted by Crippen LogP contribution is -2.42. The van der Waals surface area contributed by atoms with Crippen LogP contribution in [0.15, 0.2) is 18.2 Å². The Morgan fingerprint density at radius 1 is 1.45 bits per heavy atom. The number of sulfone groups is 1. The Balaban J connectivity index is 0.00000441. The number of carbonyl (C=O) groups excluding carboxylic acids is 1. The molecule has 0 bridgehead atoms. The van der Waals surface area contributed by atoms with Crippen LogP contribution in [0.5, 0.6) is 0 Å². The van der Waals surface area contributed by atoms with Crippen LogP contribution in [-0.4, -0.2) is 32.4 Å². The van der Waals surface area contributed by atoms with Crippen LogP contribution < -0.4 is 11.1 Å². The molecule has 0 aliphatic heterocycles. The number of amides is 1. The van der Waals surface area contributed by atoms with Crippen LogP contribution in [0.3, 0.4) is 0 Å². The Morgan fingerprint density at radius 3 is 2.55 bits per heavy atom. The Kier molecular flexibility index (Phi) is 8.32. The van der Waals surface area contributed by atoms with Gasteiger partial charge in [-0.3, -0.25) is 4.79 Å². The van der Waals surface area contributed by atoms with Crippen molar-refractivity contribution in [2.45, 2.75) is 25.4 Å². The maximum atomic E-state index is 13.1. The lowest BCUT2D eigenvalue weighted by molar-refractivity contribution is -0.123. The maximum absolute atomic E-state index is 13.1. The highest BCUT2D eigenvalue weighted by Gasteiger charge is 2.18. The van der Waals surface area contributed by atoms with Gasteiger partial charge in [-0.1, -0.05) is 17.7 Å². The van der Waals surface area contributed by atoms with Crippen molar-refractivity contribution in [1.82, 2.24) is 5.32 Å². The predicted octanol–water partition coefficient (Wildman–Crippen LogP) is 1.84. The van der Waals surface area contributed by atoms with E-state index in [1.165, 1.54) is 18.2 Å². The van der Waals surface area contributed by atoms with Gasteiger partial charge in [0.2, 0.25) is 5.91 Å². The molecule has 0 heterocycles. The molecule has 22 heavy (non-hydrogen) atoms. The third kappa shape index (κ3) is 6.91. The summed E-state index contributed by atoms with van der Waals surface area (Å²) in [6.45, 7) is 1.70. The standard InChI is InChI=1S/C13H18ClFN2O3S.ClH/c1-8(9-3-4-11(15)10(14)7-9)17-13(18)12(16)5-6-21(2,19)20;/h3-4,7-8,12H,5-6,16H2,1-2H3,(H,17,18);1H. The van der Waals surface area contributed by atoms with Crippen molar-refractivity contribution in [3.8, 4) is 0 Å². The molecule has 1 aromatic carbocycles. The molecule has 9 heteroatoms. The quantitative estimate of drug-likeness (QED) is 0.796. The number of halogens is 3. The van der Waals surface area contributed by atoms with Crippen LogP contribution in [-0.2, 0) is 14.6 Å². The number of benzene rings is 1. The van der Waals surface area contributed by atoms with E-state index >= 15 is 0 Å². The number of hydrogen-bond donors (Lipinski definition) is 2. The molecule has 3 N–H and O–H groups in total. The summed E-state index contributed by atoms with van der Waals surface area (Å²) in [7, 11) is -3.16. The minimum Gasteiger partial charge on any atom is -0.348 e. The first-order valence-corrected chi connectivity index (χ1v) is 8.72. The molecule has 1 aromatic rings. The second kappa shape index (κ2) is 8.67. The summed E-state index contributed by atoms with van der Waals surface area (Å²) in [6.07, 6.45) is 1.13. The van der Waals surface area contributed by atoms with Crippen molar-refractivity contribution >= 4 is 39.8 Å². The molecule has 0 aromatic heterocycles. The molecule has 0 saturated heterocycles. The first-order chi connectivity index (χ1) is 9.60. The zero-order valence-corrected chi connectivity index (χ0v) is 14.6. The number of nitrogens with two attached hydrogens (primary N) is 1. The van der Waals surface area contributed by atoms with Crippen molar-refractivity contribution in [1.29, 1.82) is 0 Å². The van der Waals surface area contributed by atoms with Gasteiger partial charge in [0.25, 0.3) is 0 Å². The van der Waals surface area contributed by atoms with Gasteiger partial charge in [0, 0.05) is 6.26 Å². The fourth-order valence-corrected chi connectivity index (χ4v) is 2.53. The Morgan fingerprint density at radius 2 is 2.05 bits per heavy atom. The highest BCUT2D eigenvalue weighted by atomic mass is 35.5. The van der Waals surface area contributed by atoms with Crippen molar-refractivity contribution in [2.24, 2.45) is 5.73 Å². The summed E-state index contributed by atoms with van der Waals surface area (Å²) in [5.74, 6) is -1.16. The maximum Gasteiger partial charge on any atom is 0.237 e. The van der Waals surface area contributed by atoms with E-state index < -0.39 is 33.6 Å². The zero-order chi connectivity index (χ0) is 16.2. The van der Waals surface area contributed by atoms with E-state index in [1.807, 2.05) is 0 Å². The molecule has 2 atom stereocenters. The molecule has 5 nitrogen and oxygen atoms in total. The molecule has 0 aliphatic rings. The number of nitrogens with one attached hydrogen (secondary N) is 1. The fourth-order valence-electron chi connectivity index (χ4n) is 1.66. The van der Waals surface area contributed by atoms with Gasteiger partial charge in [0.05, 0.1) is 22.9 Å². The average molecular weight is 373 g/mol. The lowest BCUT2D eigenvalue weighted by Gasteiger charge is -2.18. The monoisotopic (exact) mass is 372 g/mol. The van der Waals surface area contributed by atoms with E-state index in [2.05, 4.69) is 5.32 Å². The van der Waals surface area contributed by atoms with Crippen molar-refractivity contribution in [3.63, 3.8) is 0 Å². The van der Waals surface area contributed by atoms with Crippen molar-refractivity contribution in [3.05, 3.63) is 34.6 Å². The lowest BCUT2D eigenvalue weighted by atomic mass is 10.1. The van der Waals surface area contributed by atoms with E-state index in [-0.39, 0.29) is 29.6 Å². The predicted molar refractivity (Wildman–Crippen MR) is 87.5 cm³/mol. The molecule has 1 amide bonds. The van der Waals surface area contributed by atoms with Crippen LogP contribution in [0.4, 0.5) is 4.39 Å². The molecular weight excluding hydrogens is 354 g/mol. The van der Waals surface area contributed by atoms with Gasteiger partial charge >= 0.3 is 0 Å². The zero-order valence-electron chi connectivity index (χ0n) is 12.2. The van der Waals surface area contributed by atoms with Gasteiger partial charge in [0.1, 0.15) is 15.7 Å². The second-order valence-corrected chi connectivity index (χ2v) is 7.60. The number of hydrogen-bond acceptors (Lipinski definition) is 4. The number of carbonyl (C=O) groups is 1. The molecule has 0 aliphatic carbocycles. The summed E-state index contributed by atoms with van der Waals surface area (Å²) in [4.78, 5) is 11.9. The molecule has 0 fully saturated rings. The van der Waals surface area contributed by atoms with Crippen LogP contribution in [0.1, 0.15) is 24.9 Å². The van der Waals surface area contributed by atoms with Crippen LogP contribution >= 0.6 is 24.0 Å². The number of rotatable bonds is 6.